The molecule has 0 amide bonds. The van der Waals surface area contributed by atoms with Crippen LogP contribution in [0, 0.1) is 0 Å². The fourth-order valence-electron chi connectivity index (χ4n) is 2.49. The molecule has 1 aromatic rings. The lowest BCUT2D eigenvalue weighted by molar-refractivity contribution is 0.0598. The van der Waals surface area contributed by atoms with Crippen LogP contribution in [0.2, 0.25) is 0 Å². The van der Waals surface area contributed by atoms with Gasteiger partial charge in [0.1, 0.15) is 0 Å². The molecule has 1 fully saturated rings. The number of rotatable bonds is 5. The van der Waals surface area contributed by atoms with Gasteiger partial charge < -0.3 is 9.47 Å². The van der Waals surface area contributed by atoms with E-state index in [1.54, 1.807) is 6.07 Å². The Kier molecular flexibility index (Phi) is 4.87. The summed E-state index contributed by atoms with van der Waals surface area (Å²) in [6.07, 6.45) is 2.83. The van der Waals surface area contributed by atoms with Crippen molar-refractivity contribution in [2.45, 2.75) is 38.0 Å². The number of alkyl halides is 2. The standard InChI is InChI=1S/C14H17F2NO3/c1-19-14(18)10-6-11(9-4-2-3-5-9)13(17-7-10)20-8-12(15)16/h6-7,9,12H,2-5,8H2,1H3. The van der Waals surface area contributed by atoms with Gasteiger partial charge in [-0.1, -0.05) is 12.8 Å². The highest BCUT2D eigenvalue weighted by atomic mass is 19.3. The second-order valence-electron chi connectivity index (χ2n) is 4.79. The van der Waals surface area contributed by atoms with Gasteiger partial charge in [-0.15, -0.1) is 0 Å². The molecule has 4 nitrogen and oxygen atoms in total. The van der Waals surface area contributed by atoms with Crippen LogP contribution in [0.15, 0.2) is 12.3 Å². The molecular weight excluding hydrogens is 268 g/mol. The van der Waals surface area contributed by atoms with Crippen LogP contribution in [0.1, 0.15) is 47.5 Å². The largest absolute Gasteiger partial charge is 0.471 e. The van der Waals surface area contributed by atoms with E-state index in [9.17, 15) is 13.6 Å². The average molecular weight is 285 g/mol. The predicted molar refractivity (Wildman–Crippen MR) is 68.3 cm³/mol. The first-order valence-corrected chi connectivity index (χ1v) is 6.61. The fourth-order valence-corrected chi connectivity index (χ4v) is 2.49. The Hall–Kier alpha value is -1.72. The van der Waals surface area contributed by atoms with Gasteiger partial charge in [0.2, 0.25) is 5.88 Å². The maximum absolute atomic E-state index is 12.3. The zero-order chi connectivity index (χ0) is 14.5. The first-order valence-electron chi connectivity index (χ1n) is 6.61. The van der Waals surface area contributed by atoms with Gasteiger partial charge in [0.15, 0.2) is 6.61 Å². The first kappa shape index (κ1) is 14.7. The number of ether oxygens (including phenoxy) is 2. The van der Waals surface area contributed by atoms with Crippen LogP contribution < -0.4 is 4.74 Å². The Morgan fingerprint density at radius 1 is 1.45 bits per heavy atom. The van der Waals surface area contributed by atoms with Gasteiger partial charge >= 0.3 is 5.97 Å². The molecule has 0 atom stereocenters. The fraction of sp³-hybridized carbons (Fsp3) is 0.571. The van der Waals surface area contributed by atoms with Gasteiger partial charge in [0, 0.05) is 11.8 Å². The number of nitrogens with zero attached hydrogens (tertiary/aromatic N) is 1. The SMILES string of the molecule is COC(=O)c1cnc(OCC(F)F)c(C2CCCC2)c1. The summed E-state index contributed by atoms with van der Waals surface area (Å²) in [7, 11) is 1.29. The molecule has 20 heavy (non-hydrogen) atoms. The van der Waals surface area contributed by atoms with Gasteiger partial charge in [-0.25, -0.2) is 18.6 Å². The average Bonchev–Trinajstić information content (AvgIpc) is 2.98. The Balaban J connectivity index is 2.27. The molecule has 0 aliphatic heterocycles. The summed E-state index contributed by atoms with van der Waals surface area (Å²) in [4.78, 5) is 15.5. The smallest absolute Gasteiger partial charge is 0.339 e. The zero-order valence-corrected chi connectivity index (χ0v) is 11.3. The number of carbonyl (C=O) groups excluding carboxylic acids is 1. The van der Waals surface area contributed by atoms with Gasteiger partial charge in [0.05, 0.1) is 12.7 Å². The van der Waals surface area contributed by atoms with Crippen molar-refractivity contribution in [2.75, 3.05) is 13.7 Å². The highest BCUT2D eigenvalue weighted by molar-refractivity contribution is 5.89. The normalized spacial score (nSPS) is 15.6. The van der Waals surface area contributed by atoms with Crippen molar-refractivity contribution in [1.29, 1.82) is 0 Å². The third-order valence-electron chi connectivity index (χ3n) is 3.44. The lowest BCUT2D eigenvalue weighted by atomic mass is 9.97. The third-order valence-corrected chi connectivity index (χ3v) is 3.44. The van der Waals surface area contributed by atoms with Crippen LogP contribution in [-0.2, 0) is 4.74 Å². The summed E-state index contributed by atoms with van der Waals surface area (Å²) in [5.74, 6) is -0.0817. The van der Waals surface area contributed by atoms with Gasteiger partial charge in [-0.2, -0.15) is 0 Å². The van der Waals surface area contributed by atoms with Crippen molar-refractivity contribution < 1.29 is 23.0 Å². The number of carbonyl (C=O) groups is 1. The zero-order valence-electron chi connectivity index (χ0n) is 11.3. The van der Waals surface area contributed by atoms with Crippen molar-refractivity contribution in [1.82, 2.24) is 4.98 Å². The number of pyridine rings is 1. The van der Waals surface area contributed by atoms with Crippen molar-refractivity contribution >= 4 is 5.97 Å². The number of hydrogen-bond acceptors (Lipinski definition) is 4. The summed E-state index contributed by atoms with van der Waals surface area (Å²) in [5, 5.41) is 0. The topological polar surface area (TPSA) is 48.4 Å². The molecule has 1 saturated carbocycles. The van der Waals surface area contributed by atoms with E-state index in [-0.39, 0.29) is 11.8 Å². The molecule has 0 bridgehead atoms. The molecule has 1 heterocycles. The third kappa shape index (κ3) is 3.43. The lowest BCUT2D eigenvalue weighted by Crippen LogP contribution is -2.12. The molecule has 0 saturated heterocycles. The monoisotopic (exact) mass is 285 g/mol. The minimum atomic E-state index is -2.55. The molecule has 1 aliphatic rings. The number of hydrogen-bond donors (Lipinski definition) is 0. The molecule has 0 N–H and O–H groups in total. The van der Waals surface area contributed by atoms with Crippen molar-refractivity contribution in [3.8, 4) is 5.88 Å². The molecule has 0 radical (unpaired) electrons. The van der Waals surface area contributed by atoms with Gasteiger partial charge in [-0.05, 0) is 24.8 Å². The van der Waals surface area contributed by atoms with E-state index in [4.69, 9.17) is 4.74 Å². The van der Waals surface area contributed by atoms with E-state index in [0.717, 1.165) is 31.2 Å². The summed E-state index contributed by atoms with van der Waals surface area (Å²) < 4.78 is 34.2. The van der Waals surface area contributed by atoms with Crippen molar-refractivity contribution in [3.63, 3.8) is 0 Å². The molecule has 110 valence electrons. The molecule has 6 heteroatoms. The maximum atomic E-state index is 12.3. The minimum Gasteiger partial charge on any atom is -0.471 e. The first-order chi connectivity index (χ1) is 9.61. The van der Waals surface area contributed by atoms with Crippen LogP contribution >= 0.6 is 0 Å². The van der Waals surface area contributed by atoms with Crippen LogP contribution in [0.4, 0.5) is 8.78 Å². The summed E-state index contributed by atoms with van der Waals surface area (Å²) in [6.45, 7) is -0.690. The molecule has 1 aliphatic carbocycles. The molecule has 0 aromatic carbocycles. The Bertz CT molecular complexity index is 473. The predicted octanol–water partition coefficient (Wildman–Crippen LogP) is 3.17. The summed E-state index contributed by atoms with van der Waals surface area (Å²) >= 11 is 0. The molecule has 0 spiro atoms. The van der Waals surface area contributed by atoms with Gasteiger partial charge in [-0.3, -0.25) is 0 Å². The van der Waals surface area contributed by atoms with Crippen molar-refractivity contribution in [3.05, 3.63) is 23.4 Å². The van der Waals surface area contributed by atoms with Gasteiger partial charge in [0.25, 0.3) is 6.43 Å². The second-order valence-corrected chi connectivity index (χ2v) is 4.79. The van der Waals surface area contributed by atoms with Crippen LogP contribution in [0.5, 0.6) is 5.88 Å². The van der Waals surface area contributed by atoms with Crippen LogP contribution in [0.3, 0.4) is 0 Å². The van der Waals surface area contributed by atoms with E-state index < -0.39 is 19.0 Å². The maximum Gasteiger partial charge on any atom is 0.339 e. The lowest BCUT2D eigenvalue weighted by Gasteiger charge is -2.15. The van der Waals surface area contributed by atoms with E-state index in [0.29, 0.717) is 5.56 Å². The second kappa shape index (κ2) is 6.63. The van der Waals surface area contributed by atoms with E-state index >= 15 is 0 Å². The van der Waals surface area contributed by atoms with E-state index in [1.807, 2.05) is 0 Å². The number of esters is 1. The van der Waals surface area contributed by atoms with Crippen LogP contribution in [-0.4, -0.2) is 31.1 Å². The van der Waals surface area contributed by atoms with Crippen LogP contribution in [0.25, 0.3) is 0 Å². The Morgan fingerprint density at radius 2 is 2.15 bits per heavy atom. The molecular formula is C14H17F2NO3. The highest BCUT2D eigenvalue weighted by Crippen LogP contribution is 2.38. The number of halogens is 2. The molecule has 1 aromatic heterocycles. The highest BCUT2D eigenvalue weighted by Gasteiger charge is 2.24. The number of aromatic nitrogens is 1. The van der Waals surface area contributed by atoms with E-state index in [2.05, 4.69) is 9.72 Å². The number of methoxy groups -OCH3 is 1. The molecule has 2 rings (SSSR count). The quantitative estimate of drug-likeness (QED) is 0.780. The molecule has 0 unspecified atom stereocenters. The van der Waals surface area contributed by atoms with Crippen molar-refractivity contribution in [2.24, 2.45) is 0 Å². The Morgan fingerprint density at radius 3 is 2.75 bits per heavy atom. The minimum absolute atomic E-state index is 0.199. The summed E-state index contributed by atoms with van der Waals surface area (Å²) in [6, 6.07) is 1.65. The Labute approximate surface area is 116 Å². The van der Waals surface area contributed by atoms with E-state index in [1.165, 1.54) is 13.3 Å². The summed E-state index contributed by atoms with van der Waals surface area (Å²) in [5.41, 5.74) is 1.05.